The number of nitrogens with zero attached hydrogens (tertiary/aromatic N) is 2. The Bertz CT molecular complexity index is 761. The topological polar surface area (TPSA) is 118 Å². The number of amides is 2. The van der Waals surface area contributed by atoms with Gasteiger partial charge < -0.3 is 20.1 Å². The van der Waals surface area contributed by atoms with Gasteiger partial charge in [-0.2, -0.15) is 5.26 Å². The fraction of sp³-hybridized carbons (Fsp3) is 0.526. The molecular weight excluding hydrogens is 348 g/mol. The number of likely N-dealkylation sites (tertiary alicyclic amines) is 1. The van der Waals surface area contributed by atoms with Gasteiger partial charge in [-0.05, 0) is 43.9 Å². The van der Waals surface area contributed by atoms with Crippen LogP contribution in [0.25, 0.3) is 0 Å². The number of ether oxygens (including phenoxy) is 2. The molecule has 27 heavy (non-hydrogen) atoms. The number of benzene rings is 1. The van der Waals surface area contributed by atoms with Crippen molar-refractivity contribution in [2.24, 2.45) is 5.73 Å². The number of nitrogens with one attached hydrogen (secondary N) is 1. The molecule has 1 aromatic carbocycles. The standard InChI is InChI=1S/C19H24N4O4/c1-26-16-7-4-12(18(21)24)9-17(16)27-11-13-5-6-15(22-13)19(25)23-8-2-3-14(23)10-20/h4,7,9,13-15,22H,2-3,5-6,8,11H2,1H3,(H2,21,24)/t13-,14+,15+/m1/s1. The van der Waals surface area contributed by atoms with Gasteiger partial charge in [-0.15, -0.1) is 0 Å². The maximum Gasteiger partial charge on any atom is 0.248 e. The number of hydrogen-bond donors (Lipinski definition) is 2. The molecule has 3 atom stereocenters. The SMILES string of the molecule is COc1ccc(C(N)=O)cc1OC[C@H]1CC[C@@H](C(=O)N2CCC[C@H]2C#N)N1. The molecular formula is C19H24N4O4. The molecule has 8 heteroatoms. The highest BCUT2D eigenvalue weighted by atomic mass is 16.5. The Morgan fingerprint density at radius 1 is 1.33 bits per heavy atom. The van der Waals surface area contributed by atoms with E-state index in [9.17, 15) is 14.9 Å². The summed E-state index contributed by atoms with van der Waals surface area (Å²) in [5.41, 5.74) is 5.66. The van der Waals surface area contributed by atoms with E-state index in [4.69, 9.17) is 15.2 Å². The smallest absolute Gasteiger partial charge is 0.248 e. The summed E-state index contributed by atoms with van der Waals surface area (Å²) in [5.74, 6) is 0.411. The average molecular weight is 372 g/mol. The lowest BCUT2D eigenvalue weighted by Crippen LogP contribution is -2.47. The van der Waals surface area contributed by atoms with Crippen molar-refractivity contribution in [1.82, 2.24) is 10.2 Å². The van der Waals surface area contributed by atoms with E-state index in [1.807, 2.05) is 0 Å². The molecule has 2 aliphatic rings. The zero-order valence-corrected chi connectivity index (χ0v) is 15.3. The van der Waals surface area contributed by atoms with Crippen LogP contribution in [0.3, 0.4) is 0 Å². The van der Waals surface area contributed by atoms with Crippen LogP contribution >= 0.6 is 0 Å². The summed E-state index contributed by atoms with van der Waals surface area (Å²) in [7, 11) is 1.52. The number of carbonyl (C=O) groups excluding carboxylic acids is 2. The molecule has 3 N–H and O–H groups in total. The Labute approximate surface area is 158 Å². The minimum atomic E-state index is -0.537. The predicted octanol–water partition coefficient (Wildman–Crippen LogP) is 0.808. The van der Waals surface area contributed by atoms with E-state index in [2.05, 4.69) is 11.4 Å². The van der Waals surface area contributed by atoms with Crippen LogP contribution in [0.5, 0.6) is 11.5 Å². The molecule has 0 spiro atoms. The Hall–Kier alpha value is -2.79. The summed E-state index contributed by atoms with van der Waals surface area (Å²) in [6.45, 7) is 0.984. The van der Waals surface area contributed by atoms with Crippen molar-refractivity contribution >= 4 is 11.8 Å². The number of carbonyl (C=O) groups is 2. The van der Waals surface area contributed by atoms with Crippen molar-refractivity contribution in [3.8, 4) is 17.6 Å². The number of rotatable bonds is 6. The van der Waals surface area contributed by atoms with Crippen LogP contribution in [-0.4, -0.2) is 55.1 Å². The molecule has 1 aromatic rings. The quantitative estimate of drug-likeness (QED) is 0.763. The first-order valence-corrected chi connectivity index (χ1v) is 9.10. The van der Waals surface area contributed by atoms with Gasteiger partial charge in [0.1, 0.15) is 12.6 Å². The maximum absolute atomic E-state index is 12.7. The van der Waals surface area contributed by atoms with Crippen molar-refractivity contribution in [3.05, 3.63) is 23.8 Å². The van der Waals surface area contributed by atoms with Gasteiger partial charge in [-0.25, -0.2) is 0 Å². The number of hydrogen-bond acceptors (Lipinski definition) is 6. The molecule has 2 amide bonds. The first-order chi connectivity index (χ1) is 13.0. The number of methoxy groups -OCH3 is 1. The monoisotopic (exact) mass is 372 g/mol. The third-order valence-corrected chi connectivity index (χ3v) is 5.11. The molecule has 2 fully saturated rings. The lowest BCUT2D eigenvalue weighted by Gasteiger charge is -2.24. The molecule has 3 rings (SSSR count). The second-order valence-electron chi connectivity index (χ2n) is 6.85. The summed E-state index contributed by atoms with van der Waals surface area (Å²) >= 11 is 0. The first-order valence-electron chi connectivity index (χ1n) is 9.10. The molecule has 2 aliphatic heterocycles. The van der Waals surface area contributed by atoms with E-state index in [0.29, 0.717) is 36.6 Å². The van der Waals surface area contributed by atoms with E-state index in [1.165, 1.54) is 7.11 Å². The van der Waals surface area contributed by atoms with Gasteiger partial charge in [-0.3, -0.25) is 14.9 Å². The van der Waals surface area contributed by atoms with Crippen LogP contribution in [0.4, 0.5) is 0 Å². The molecule has 0 bridgehead atoms. The van der Waals surface area contributed by atoms with Crippen LogP contribution in [0.2, 0.25) is 0 Å². The van der Waals surface area contributed by atoms with Crippen molar-refractivity contribution < 1.29 is 19.1 Å². The molecule has 0 unspecified atom stereocenters. The average Bonchev–Trinajstić information content (AvgIpc) is 3.34. The summed E-state index contributed by atoms with van der Waals surface area (Å²) in [6, 6.07) is 6.39. The minimum Gasteiger partial charge on any atom is -0.493 e. The Morgan fingerprint density at radius 2 is 2.15 bits per heavy atom. The molecule has 2 saturated heterocycles. The van der Waals surface area contributed by atoms with Gasteiger partial charge >= 0.3 is 0 Å². The third-order valence-electron chi connectivity index (χ3n) is 5.11. The van der Waals surface area contributed by atoms with Gasteiger partial charge in [0.25, 0.3) is 0 Å². The number of nitriles is 1. The van der Waals surface area contributed by atoms with Gasteiger partial charge in [0.2, 0.25) is 11.8 Å². The lowest BCUT2D eigenvalue weighted by atomic mass is 10.1. The lowest BCUT2D eigenvalue weighted by molar-refractivity contribution is -0.133. The fourth-order valence-corrected chi connectivity index (χ4v) is 3.64. The molecule has 144 valence electrons. The highest BCUT2D eigenvalue weighted by molar-refractivity contribution is 5.93. The minimum absolute atomic E-state index is 0.00373. The zero-order valence-electron chi connectivity index (χ0n) is 15.3. The first kappa shape index (κ1) is 19.0. The summed E-state index contributed by atoms with van der Waals surface area (Å²) in [4.78, 5) is 25.7. The largest absolute Gasteiger partial charge is 0.493 e. The summed E-state index contributed by atoms with van der Waals surface area (Å²) in [6.07, 6.45) is 3.12. The van der Waals surface area contributed by atoms with E-state index >= 15 is 0 Å². The second-order valence-corrected chi connectivity index (χ2v) is 6.85. The van der Waals surface area contributed by atoms with Gasteiger partial charge in [0, 0.05) is 18.2 Å². The van der Waals surface area contributed by atoms with Crippen molar-refractivity contribution in [2.75, 3.05) is 20.3 Å². The third kappa shape index (κ3) is 4.14. The predicted molar refractivity (Wildman–Crippen MR) is 97.3 cm³/mol. The summed E-state index contributed by atoms with van der Waals surface area (Å²) < 4.78 is 11.1. The molecule has 0 saturated carbocycles. The van der Waals surface area contributed by atoms with Crippen molar-refractivity contribution in [1.29, 1.82) is 5.26 Å². The number of nitrogens with two attached hydrogens (primary N) is 1. The van der Waals surface area contributed by atoms with Crippen LogP contribution in [0, 0.1) is 11.3 Å². The molecule has 0 radical (unpaired) electrons. The second kappa shape index (κ2) is 8.27. The van der Waals surface area contributed by atoms with Gasteiger partial charge in [0.05, 0.1) is 19.2 Å². The molecule has 8 nitrogen and oxygen atoms in total. The van der Waals surface area contributed by atoms with Gasteiger partial charge in [0.15, 0.2) is 11.5 Å². The van der Waals surface area contributed by atoms with E-state index in [1.54, 1.807) is 23.1 Å². The van der Waals surface area contributed by atoms with E-state index < -0.39 is 5.91 Å². The Balaban J connectivity index is 1.58. The van der Waals surface area contributed by atoms with Crippen molar-refractivity contribution in [3.63, 3.8) is 0 Å². The Morgan fingerprint density at radius 3 is 2.85 bits per heavy atom. The fourth-order valence-electron chi connectivity index (χ4n) is 3.64. The van der Waals surface area contributed by atoms with Gasteiger partial charge in [-0.1, -0.05) is 0 Å². The normalized spacial score (nSPS) is 24.4. The highest BCUT2D eigenvalue weighted by Gasteiger charge is 2.37. The Kier molecular flexibility index (Phi) is 5.81. The van der Waals surface area contributed by atoms with Crippen LogP contribution in [-0.2, 0) is 4.79 Å². The van der Waals surface area contributed by atoms with E-state index in [0.717, 1.165) is 19.3 Å². The summed E-state index contributed by atoms with van der Waals surface area (Å²) in [5, 5.41) is 12.5. The number of primary amides is 1. The highest BCUT2D eigenvalue weighted by Crippen LogP contribution is 2.29. The maximum atomic E-state index is 12.7. The molecule has 0 aliphatic carbocycles. The van der Waals surface area contributed by atoms with Crippen LogP contribution in [0.15, 0.2) is 18.2 Å². The van der Waals surface area contributed by atoms with Crippen LogP contribution < -0.4 is 20.5 Å². The molecule has 2 heterocycles. The molecule has 0 aromatic heterocycles. The van der Waals surface area contributed by atoms with Crippen LogP contribution in [0.1, 0.15) is 36.0 Å². The van der Waals surface area contributed by atoms with Crippen molar-refractivity contribution in [2.45, 2.75) is 43.8 Å². The van der Waals surface area contributed by atoms with E-state index in [-0.39, 0.29) is 24.0 Å². The zero-order chi connectivity index (χ0) is 19.4.